The molecule has 0 saturated carbocycles. The second-order valence-corrected chi connectivity index (χ2v) is 5.32. The minimum Gasteiger partial charge on any atom is -0.366 e. The van der Waals surface area contributed by atoms with Crippen LogP contribution in [0.3, 0.4) is 0 Å². The monoisotopic (exact) mass is 275 g/mol. The molecule has 2 bridgehead atoms. The Labute approximate surface area is 119 Å². The molecule has 2 atom stereocenters. The van der Waals surface area contributed by atoms with Gasteiger partial charge in [-0.15, -0.1) is 12.4 Å². The molecule has 0 aliphatic carbocycles. The number of nitrogens with zero attached hydrogens (tertiary/aromatic N) is 3. The van der Waals surface area contributed by atoms with Crippen molar-refractivity contribution in [3.63, 3.8) is 0 Å². The summed E-state index contributed by atoms with van der Waals surface area (Å²) in [5.41, 5.74) is 2.45. The molecule has 2 fully saturated rings. The van der Waals surface area contributed by atoms with Gasteiger partial charge >= 0.3 is 0 Å². The number of halogens is 1. The lowest BCUT2D eigenvalue weighted by Crippen LogP contribution is -2.46. The van der Waals surface area contributed by atoms with E-state index in [0.29, 0.717) is 6.04 Å². The van der Waals surface area contributed by atoms with Crippen molar-refractivity contribution in [1.82, 2.24) is 9.88 Å². The highest BCUT2D eigenvalue weighted by Gasteiger charge is 2.32. The second kappa shape index (κ2) is 4.99. The Hall–Kier alpha value is -1.32. The van der Waals surface area contributed by atoms with E-state index in [9.17, 15) is 0 Å². The summed E-state index contributed by atoms with van der Waals surface area (Å²) >= 11 is 0. The number of hydrogen-bond donors (Lipinski definition) is 0. The van der Waals surface area contributed by atoms with Crippen molar-refractivity contribution in [2.24, 2.45) is 0 Å². The predicted octanol–water partition coefficient (Wildman–Crippen LogP) is 2.55. The average Bonchev–Trinajstić information content (AvgIpc) is 2.80. The Morgan fingerprint density at radius 3 is 3.00 bits per heavy atom. The number of piperazine rings is 1. The molecule has 3 heterocycles. The fraction of sp³-hybridized carbons (Fsp3) is 0.400. The lowest BCUT2D eigenvalue weighted by atomic mass is 10.1. The molecule has 100 valence electrons. The molecule has 2 aliphatic heterocycles. The first-order valence-corrected chi connectivity index (χ1v) is 6.74. The van der Waals surface area contributed by atoms with Crippen molar-refractivity contribution < 1.29 is 0 Å². The number of fused-ring (bicyclic) bond motifs is 3. The summed E-state index contributed by atoms with van der Waals surface area (Å²) in [4.78, 5) is 9.54. The first-order chi connectivity index (χ1) is 8.90. The van der Waals surface area contributed by atoms with Gasteiger partial charge in [-0.2, -0.15) is 0 Å². The summed E-state index contributed by atoms with van der Waals surface area (Å²) in [7, 11) is 0. The normalized spacial score (nSPS) is 25.4. The standard InChI is InChI=1S/C15H17N3.ClH/c1-2-12-10-13(3-4-15(12)16-6-1)18-9-8-17-7-5-14(18)11-17;/h1-4,6,10,14H,5,7-9,11H2;1H. The van der Waals surface area contributed by atoms with Crippen LogP contribution in [0.5, 0.6) is 0 Å². The molecule has 19 heavy (non-hydrogen) atoms. The molecule has 4 rings (SSSR count). The Balaban J connectivity index is 0.00000110. The number of pyridine rings is 1. The van der Waals surface area contributed by atoms with Gasteiger partial charge in [0.05, 0.1) is 5.52 Å². The molecule has 0 radical (unpaired) electrons. The van der Waals surface area contributed by atoms with Gasteiger partial charge in [0.25, 0.3) is 0 Å². The zero-order valence-corrected chi connectivity index (χ0v) is 11.6. The van der Waals surface area contributed by atoms with Crippen LogP contribution in [0.4, 0.5) is 5.69 Å². The van der Waals surface area contributed by atoms with E-state index in [-0.39, 0.29) is 12.4 Å². The largest absolute Gasteiger partial charge is 0.366 e. The zero-order chi connectivity index (χ0) is 11.9. The summed E-state index contributed by atoms with van der Waals surface area (Å²) in [6.45, 7) is 4.89. The van der Waals surface area contributed by atoms with Gasteiger partial charge in [-0.05, 0) is 30.7 Å². The van der Waals surface area contributed by atoms with E-state index in [1.54, 1.807) is 0 Å². The van der Waals surface area contributed by atoms with Crippen LogP contribution in [0, 0.1) is 0 Å². The van der Waals surface area contributed by atoms with Gasteiger partial charge in [-0.25, -0.2) is 0 Å². The Morgan fingerprint density at radius 1 is 1.11 bits per heavy atom. The van der Waals surface area contributed by atoms with Gasteiger partial charge in [0.1, 0.15) is 0 Å². The van der Waals surface area contributed by atoms with Crippen LogP contribution in [-0.4, -0.2) is 42.1 Å². The summed E-state index contributed by atoms with van der Waals surface area (Å²) in [6.07, 6.45) is 3.17. The van der Waals surface area contributed by atoms with E-state index in [0.717, 1.165) is 12.1 Å². The Morgan fingerprint density at radius 2 is 2.05 bits per heavy atom. The van der Waals surface area contributed by atoms with Crippen LogP contribution >= 0.6 is 12.4 Å². The third-order valence-electron chi connectivity index (χ3n) is 4.26. The average molecular weight is 276 g/mol. The van der Waals surface area contributed by atoms with Crippen LogP contribution in [-0.2, 0) is 0 Å². The number of rotatable bonds is 1. The molecule has 2 aromatic rings. The maximum atomic E-state index is 4.39. The maximum Gasteiger partial charge on any atom is 0.0703 e. The van der Waals surface area contributed by atoms with Crippen LogP contribution in [0.25, 0.3) is 10.9 Å². The summed E-state index contributed by atoms with van der Waals surface area (Å²) in [5.74, 6) is 0. The molecule has 3 nitrogen and oxygen atoms in total. The molecule has 2 unspecified atom stereocenters. The molecule has 0 amide bonds. The smallest absolute Gasteiger partial charge is 0.0703 e. The highest BCUT2D eigenvalue weighted by atomic mass is 35.5. The minimum atomic E-state index is 0. The second-order valence-electron chi connectivity index (χ2n) is 5.32. The Kier molecular flexibility index (Phi) is 3.33. The topological polar surface area (TPSA) is 19.4 Å². The van der Waals surface area contributed by atoms with Crippen LogP contribution < -0.4 is 4.90 Å². The van der Waals surface area contributed by atoms with E-state index in [1.807, 2.05) is 12.3 Å². The van der Waals surface area contributed by atoms with Crippen LogP contribution in [0.15, 0.2) is 36.5 Å². The number of benzene rings is 1. The van der Waals surface area contributed by atoms with Gasteiger partial charge < -0.3 is 4.90 Å². The zero-order valence-electron chi connectivity index (χ0n) is 10.8. The molecule has 0 spiro atoms. The van der Waals surface area contributed by atoms with Crippen molar-refractivity contribution in [1.29, 1.82) is 0 Å². The highest BCUT2D eigenvalue weighted by Crippen LogP contribution is 2.28. The first kappa shape index (κ1) is 12.7. The summed E-state index contributed by atoms with van der Waals surface area (Å²) in [5, 5.41) is 1.25. The van der Waals surface area contributed by atoms with Crippen molar-refractivity contribution in [2.45, 2.75) is 12.5 Å². The van der Waals surface area contributed by atoms with Gasteiger partial charge in [0.15, 0.2) is 0 Å². The van der Waals surface area contributed by atoms with Crippen LogP contribution in [0.2, 0.25) is 0 Å². The van der Waals surface area contributed by atoms with E-state index in [2.05, 4.69) is 39.0 Å². The fourth-order valence-corrected chi connectivity index (χ4v) is 3.28. The maximum absolute atomic E-state index is 4.39. The molecule has 1 aromatic heterocycles. The highest BCUT2D eigenvalue weighted by molar-refractivity contribution is 5.85. The molecular weight excluding hydrogens is 258 g/mol. The lowest BCUT2D eigenvalue weighted by molar-refractivity contribution is 0.311. The van der Waals surface area contributed by atoms with E-state index in [1.165, 1.54) is 37.1 Å². The molecule has 4 heteroatoms. The summed E-state index contributed by atoms with van der Waals surface area (Å²) < 4.78 is 0. The molecular formula is C15H18ClN3. The number of hydrogen-bond acceptors (Lipinski definition) is 3. The van der Waals surface area contributed by atoms with E-state index < -0.39 is 0 Å². The van der Waals surface area contributed by atoms with Crippen molar-refractivity contribution >= 4 is 29.0 Å². The molecule has 0 N–H and O–H groups in total. The molecule has 1 aromatic carbocycles. The number of anilines is 1. The van der Waals surface area contributed by atoms with Crippen LogP contribution in [0.1, 0.15) is 6.42 Å². The van der Waals surface area contributed by atoms with Gasteiger partial charge in [0.2, 0.25) is 0 Å². The van der Waals surface area contributed by atoms with E-state index >= 15 is 0 Å². The van der Waals surface area contributed by atoms with Crippen molar-refractivity contribution in [3.05, 3.63) is 36.5 Å². The first-order valence-electron chi connectivity index (χ1n) is 6.74. The lowest BCUT2D eigenvalue weighted by Gasteiger charge is -2.36. The number of aromatic nitrogens is 1. The summed E-state index contributed by atoms with van der Waals surface area (Å²) in [6, 6.07) is 11.5. The fourth-order valence-electron chi connectivity index (χ4n) is 3.28. The van der Waals surface area contributed by atoms with Crippen molar-refractivity contribution in [3.8, 4) is 0 Å². The van der Waals surface area contributed by atoms with Gasteiger partial charge in [-0.1, -0.05) is 6.07 Å². The third kappa shape index (κ3) is 2.17. The molecule has 2 saturated heterocycles. The van der Waals surface area contributed by atoms with Crippen molar-refractivity contribution in [2.75, 3.05) is 31.1 Å². The quantitative estimate of drug-likeness (QED) is 0.797. The predicted molar refractivity (Wildman–Crippen MR) is 81.2 cm³/mol. The van der Waals surface area contributed by atoms with E-state index in [4.69, 9.17) is 0 Å². The minimum absolute atomic E-state index is 0. The van der Waals surface area contributed by atoms with Gasteiger partial charge in [-0.3, -0.25) is 9.88 Å². The van der Waals surface area contributed by atoms with Gasteiger partial charge in [0, 0.05) is 49.5 Å². The SMILES string of the molecule is Cl.c1cnc2ccc(N3CCN4CCC3C4)cc2c1. The Bertz CT molecular complexity index is 586. The molecule has 2 aliphatic rings. The third-order valence-corrected chi connectivity index (χ3v) is 4.26.